The minimum atomic E-state index is 0.257. The lowest BCUT2D eigenvalue weighted by atomic mass is 10.2. The van der Waals surface area contributed by atoms with Crippen LogP contribution in [0.15, 0.2) is 48.5 Å². The van der Waals surface area contributed by atoms with Crippen LogP contribution in [0.2, 0.25) is 0 Å². The first-order valence-corrected chi connectivity index (χ1v) is 6.46. The van der Waals surface area contributed by atoms with Gasteiger partial charge in [0.25, 0.3) is 0 Å². The molecule has 2 aromatic rings. The monoisotopic (exact) mass is 292 g/mol. The van der Waals surface area contributed by atoms with Gasteiger partial charge in [0.1, 0.15) is 18.1 Å². The van der Waals surface area contributed by atoms with Gasteiger partial charge in [-0.05, 0) is 11.6 Å². The highest BCUT2D eigenvalue weighted by molar-refractivity contribution is 9.08. The van der Waals surface area contributed by atoms with E-state index in [2.05, 4.69) is 15.9 Å². The summed E-state index contributed by atoms with van der Waals surface area (Å²) in [4.78, 5) is 0. The van der Waals surface area contributed by atoms with Crippen LogP contribution in [-0.4, -0.2) is 5.11 Å². The molecule has 0 saturated heterocycles. The quantitative estimate of drug-likeness (QED) is 0.867. The molecule has 2 nitrogen and oxygen atoms in total. The molecule has 0 heterocycles. The number of rotatable bonds is 4. The van der Waals surface area contributed by atoms with E-state index in [0.717, 1.165) is 11.1 Å². The van der Waals surface area contributed by atoms with Gasteiger partial charge in [-0.25, -0.2) is 0 Å². The smallest absolute Gasteiger partial charge is 0.123 e. The topological polar surface area (TPSA) is 29.5 Å². The lowest BCUT2D eigenvalue weighted by Crippen LogP contribution is -1.95. The van der Waals surface area contributed by atoms with Crippen LogP contribution in [0.1, 0.15) is 11.1 Å². The van der Waals surface area contributed by atoms with E-state index in [1.807, 2.05) is 42.5 Å². The van der Waals surface area contributed by atoms with Crippen LogP contribution in [0.25, 0.3) is 0 Å². The summed E-state index contributed by atoms with van der Waals surface area (Å²) in [5, 5.41) is 10.3. The highest BCUT2D eigenvalue weighted by Gasteiger charge is 2.02. The zero-order chi connectivity index (χ0) is 12.1. The van der Waals surface area contributed by atoms with Crippen LogP contribution in [0, 0.1) is 0 Å². The van der Waals surface area contributed by atoms with Gasteiger partial charge in [0, 0.05) is 17.0 Å². The van der Waals surface area contributed by atoms with Crippen molar-refractivity contribution in [1.29, 1.82) is 0 Å². The van der Waals surface area contributed by atoms with Crippen molar-refractivity contribution in [2.45, 2.75) is 11.9 Å². The zero-order valence-corrected chi connectivity index (χ0v) is 10.9. The van der Waals surface area contributed by atoms with Gasteiger partial charge in [0.2, 0.25) is 0 Å². The van der Waals surface area contributed by atoms with Gasteiger partial charge >= 0.3 is 0 Å². The number of aromatic hydroxyl groups is 1. The Labute approximate surface area is 109 Å². The van der Waals surface area contributed by atoms with E-state index in [1.165, 1.54) is 0 Å². The van der Waals surface area contributed by atoms with E-state index in [1.54, 1.807) is 6.07 Å². The van der Waals surface area contributed by atoms with Gasteiger partial charge in [0.15, 0.2) is 0 Å². The number of phenolic OH excluding ortho intramolecular Hbond substituents is 1. The highest BCUT2D eigenvalue weighted by atomic mass is 79.9. The first kappa shape index (κ1) is 12.0. The SMILES string of the molecule is Oc1cc(OCc2ccccc2)ccc1CBr. The molecular formula is C14H13BrO2. The summed E-state index contributed by atoms with van der Waals surface area (Å²) in [6.07, 6.45) is 0. The molecule has 0 spiro atoms. The summed E-state index contributed by atoms with van der Waals surface area (Å²) < 4.78 is 5.60. The van der Waals surface area contributed by atoms with Gasteiger partial charge in [-0.1, -0.05) is 52.3 Å². The molecule has 0 aliphatic carbocycles. The van der Waals surface area contributed by atoms with Crippen molar-refractivity contribution in [1.82, 2.24) is 0 Å². The van der Waals surface area contributed by atoms with Crippen molar-refractivity contribution in [3.8, 4) is 11.5 Å². The molecule has 0 aliphatic rings. The second-order valence-electron chi connectivity index (χ2n) is 3.70. The Hall–Kier alpha value is -1.48. The van der Waals surface area contributed by atoms with Crippen molar-refractivity contribution in [2.75, 3.05) is 0 Å². The Kier molecular flexibility index (Phi) is 4.04. The van der Waals surface area contributed by atoms with Gasteiger partial charge in [-0.2, -0.15) is 0 Å². The number of phenols is 1. The van der Waals surface area contributed by atoms with Crippen molar-refractivity contribution >= 4 is 15.9 Å². The molecule has 0 atom stereocenters. The number of alkyl halides is 1. The fourth-order valence-corrected chi connectivity index (χ4v) is 1.96. The average Bonchev–Trinajstić information content (AvgIpc) is 2.38. The normalized spacial score (nSPS) is 10.2. The maximum absolute atomic E-state index is 9.68. The van der Waals surface area contributed by atoms with Gasteiger partial charge in [-0.3, -0.25) is 0 Å². The zero-order valence-electron chi connectivity index (χ0n) is 9.27. The van der Waals surface area contributed by atoms with E-state index in [0.29, 0.717) is 17.7 Å². The van der Waals surface area contributed by atoms with Crippen molar-refractivity contribution in [3.05, 3.63) is 59.7 Å². The van der Waals surface area contributed by atoms with Crippen molar-refractivity contribution < 1.29 is 9.84 Å². The third-order valence-corrected chi connectivity index (χ3v) is 3.05. The van der Waals surface area contributed by atoms with Gasteiger partial charge < -0.3 is 9.84 Å². The average molecular weight is 293 g/mol. The minimum Gasteiger partial charge on any atom is -0.507 e. The molecule has 0 aliphatic heterocycles. The summed E-state index contributed by atoms with van der Waals surface area (Å²) in [7, 11) is 0. The van der Waals surface area contributed by atoms with Crippen LogP contribution >= 0.6 is 15.9 Å². The summed E-state index contributed by atoms with van der Waals surface area (Å²) >= 11 is 3.31. The second-order valence-corrected chi connectivity index (χ2v) is 4.26. The molecule has 2 rings (SSSR count). The molecule has 17 heavy (non-hydrogen) atoms. The van der Waals surface area contributed by atoms with Crippen LogP contribution in [0.3, 0.4) is 0 Å². The molecule has 3 heteroatoms. The van der Waals surface area contributed by atoms with Crippen LogP contribution < -0.4 is 4.74 Å². The van der Waals surface area contributed by atoms with E-state index in [4.69, 9.17) is 4.74 Å². The van der Waals surface area contributed by atoms with E-state index >= 15 is 0 Å². The maximum atomic E-state index is 9.68. The Morgan fingerprint density at radius 2 is 1.82 bits per heavy atom. The summed E-state index contributed by atoms with van der Waals surface area (Å²) in [5.74, 6) is 0.934. The number of halogens is 1. The molecule has 88 valence electrons. The highest BCUT2D eigenvalue weighted by Crippen LogP contribution is 2.25. The molecule has 0 fully saturated rings. The molecule has 1 N–H and O–H groups in total. The largest absolute Gasteiger partial charge is 0.507 e. The summed E-state index contributed by atoms with van der Waals surface area (Å²) in [6.45, 7) is 0.508. The van der Waals surface area contributed by atoms with Gasteiger partial charge in [0.05, 0.1) is 0 Å². The Bertz CT molecular complexity index is 483. The Balaban J connectivity index is 2.02. The summed E-state index contributed by atoms with van der Waals surface area (Å²) in [5.41, 5.74) is 1.97. The van der Waals surface area contributed by atoms with Gasteiger partial charge in [-0.15, -0.1) is 0 Å². The fraction of sp³-hybridized carbons (Fsp3) is 0.143. The second kappa shape index (κ2) is 5.73. The fourth-order valence-electron chi connectivity index (χ4n) is 1.49. The third kappa shape index (κ3) is 3.24. The Morgan fingerprint density at radius 3 is 2.47 bits per heavy atom. The van der Waals surface area contributed by atoms with Crippen molar-refractivity contribution in [3.63, 3.8) is 0 Å². The van der Waals surface area contributed by atoms with E-state index in [9.17, 15) is 5.11 Å². The van der Waals surface area contributed by atoms with Crippen LogP contribution in [0.5, 0.6) is 11.5 Å². The lowest BCUT2D eigenvalue weighted by molar-refractivity contribution is 0.304. The maximum Gasteiger partial charge on any atom is 0.123 e. The lowest BCUT2D eigenvalue weighted by Gasteiger charge is -2.08. The number of hydrogen-bond donors (Lipinski definition) is 1. The molecule has 0 bridgehead atoms. The standard InChI is InChI=1S/C14H13BrO2/c15-9-12-6-7-13(8-14(12)16)17-10-11-4-2-1-3-5-11/h1-8,16H,9-10H2. The Morgan fingerprint density at radius 1 is 1.06 bits per heavy atom. The van der Waals surface area contributed by atoms with Crippen LogP contribution in [0.4, 0.5) is 0 Å². The first-order chi connectivity index (χ1) is 8.29. The van der Waals surface area contributed by atoms with E-state index in [-0.39, 0.29) is 5.75 Å². The molecule has 0 unspecified atom stereocenters. The molecule has 0 radical (unpaired) electrons. The summed E-state index contributed by atoms with van der Waals surface area (Å²) in [6, 6.07) is 15.3. The molecule has 0 saturated carbocycles. The molecule has 2 aromatic carbocycles. The number of benzene rings is 2. The predicted octanol–water partition coefficient (Wildman–Crippen LogP) is 3.87. The molecule has 0 amide bonds. The number of hydrogen-bond acceptors (Lipinski definition) is 2. The molecule has 0 aromatic heterocycles. The number of ether oxygens (including phenoxy) is 1. The minimum absolute atomic E-state index is 0.257. The van der Waals surface area contributed by atoms with E-state index < -0.39 is 0 Å². The molecular weight excluding hydrogens is 280 g/mol. The van der Waals surface area contributed by atoms with Crippen LogP contribution in [-0.2, 0) is 11.9 Å². The first-order valence-electron chi connectivity index (χ1n) is 5.34. The van der Waals surface area contributed by atoms with Crippen molar-refractivity contribution in [2.24, 2.45) is 0 Å². The predicted molar refractivity (Wildman–Crippen MR) is 71.5 cm³/mol. The third-order valence-electron chi connectivity index (χ3n) is 2.45.